The van der Waals surface area contributed by atoms with Gasteiger partial charge in [-0.15, -0.1) is 0 Å². The van der Waals surface area contributed by atoms with Gasteiger partial charge in [-0.05, 0) is 47.8 Å². The van der Waals surface area contributed by atoms with Crippen molar-refractivity contribution in [3.8, 4) is 0 Å². The lowest BCUT2D eigenvalue weighted by Gasteiger charge is -2.24. The predicted octanol–water partition coefficient (Wildman–Crippen LogP) is 5.83. The lowest BCUT2D eigenvalue weighted by Crippen LogP contribution is -2.28. The Morgan fingerprint density at radius 1 is 0.676 bits per heavy atom. The van der Waals surface area contributed by atoms with E-state index in [4.69, 9.17) is 19.5 Å². The Morgan fingerprint density at radius 3 is 1.57 bits per heavy atom. The fourth-order valence-electron chi connectivity index (χ4n) is 4.88. The minimum absolute atomic E-state index is 0.210. The molecule has 0 aliphatic carbocycles. The largest absolute Gasteiger partial charge is 0.475 e. The van der Waals surface area contributed by atoms with E-state index in [1.165, 1.54) is 15.9 Å². The van der Waals surface area contributed by atoms with Crippen molar-refractivity contribution >= 4 is 35.6 Å². The summed E-state index contributed by atoms with van der Waals surface area (Å²) in [5, 5.41) is 3.78. The molecular weight excluding hydrogens is 475 g/mol. The summed E-state index contributed by atoms with van der Waals surface area (Å²) >= 11 is 0. The van der Waals surface area contributed by atoms with E-state index in [1.54, 1.807) is 0 Å². The normalized spacial score (nSPS) is 21.4. The number of hydrogen-bond donors (Lipinski definition) is 0. The summed E-state index contributed by atoms with van der Waals surface area (Å²) in [6.45, 7) is 10.3. The van der Waals surface area contributed by atoms with Crippen LogP contribution in [0.2, 0.25) is 0 Å². The minimum atomic E-state index is -0.908. The molecule has 3 aromatic rings. The highest BCUT2D eigenvalue weighted by Crippen LogP contribution is 2.37. The SMILES string of the molecule is CCC(C)C1COC(c2ccccc2P(c2ccccc2)c2ccccc2C2=NC(C(C)CC)CO2)=N1. The maximum atomic E-state index is 6.23. The highest BCUT2D eigenvalue weighted by atomic mass is 31.1. The molecule has 0 aromatic heterocycles. The summed E-state index contributed by atoms with van der Waals surface area (Å²) < 4.78 is 12.5. The van der Waals surface area contributed by atoms with Crippen molar-refractivity contribution in [1.82, 2.24) is 0 Å². The maximum Gasteiger partial charge on any atom is 0.217 e. The molecule has 0 radical (unpaired) electrons. The summed E-state index contributed by atoms with van der Waals surface area (Å²) in [4.78, 5) is 10.1. The monoisotopic (exact) mass is 512 g/mol. The Labute approximate surface area is 222 Å². The highest BCUT2D eigenvalue weighted by Gasteiger charge is 2.31. The van der Waals surface area contributed by atoms with E-state index in [1.807, 2.05) is 0 Å². The average Bonchev–Trinajstić information content (AvgIpc) is 3.64. The van der Waals surface area contributed by atoms with Crippen molar-refractivity contribution < 1.29 is 9.47 Å². The zero-order valence-electron chi connectivity index (χ0n) is 22.3. The summed E-state index contributed by atoms with van der Waals surface area (Å²) in [6.07, 6.45) is 2.19. The molecule has 0 saturated heterocycles. The van der Waals surface area contributed by atoms with Crippen LogP contribution in [-0.4, -0.2) is 37.1 Å². The molecule has 4 atom stereocenters. The van der Waals surface area contributed by atoms with E-state index in [-0.39, 0.29) is 12.1 Å². The van der Waals surface area contributed by atoms with Gasteiger partial charge in [-0.3, -0.25) is 0 Å². The topological polar surface area (TPSA) is 43.2 Å². The Kier molecular flexibility index (Phi) is 8.05. The van der Waals surface area contributed by atoms with Crippen molar-refractivity contribution in [1.29, 1.82) is 0 Å². The van der Waals surface area contributed by atoms with Crippen LogP contribution in [0.5, 0.6) is 0 Å². The van der Waals surface area contributed by atoms with Gasteiger partial charge in [-0.25, -0.2) is 9.98 Å². The average molecular weight is 513 g/mol. The van der Waals surface area contributed by atoms with Gasteiger partial charge in [0.25, 0.3) is 0 Å². The molecule has 4 nitrogen and oxygen atoms in total. The molecule has 0 bridgehead atoms. The van der Waals surface area contributed by atoms with Crippen molar-refractivity contribution in [2.75, 3.05) is 13.2 Å². The molecule has 0 fully saturated rings. The lowest BCUT2D eigenvalue weighted by molar-refractivity contribution is 0.282. The van der Waals surface area contributed by atoms with Crippen LogP contribution in [0.1, 0.15) is 51.7 Å². The molecule has 2 heterocycles. The second-order valence-corrected chi connectivity index (χ2v) is 12.3. The van der Waals surface area contributed by atoms with Gasteiger partial charge in [0.1, 0.15) is 13.2 Å². The first kappa shape index (κ1) is 25.7. The molecule has 0 spiro atoms. The number of aliphatic imine (C=N–C) groups is 2. The van der Waals surface area contributed by atoms with Crippen LogP contribution in [-0.2, 0) is 9.47 Å². The van der Waals surface area contributed by atoms with Gasteiger partial charge in [-0.2, -0.15) is 0 Å². The smallest absolute Gasteiger partial charge is 0.217 e. The van der Waals surface area contributed by atoms with Crippen LogP contribution >= 0.6 is 7.92 Å². The van der Waals surface area contributed by atoms with E-state index in [0.717, 1.165) is 35.8 Å². The number of ether oxygens (including phenoxy) is 2. The first-order valence-electron chi connectivity index (χ1n) is 13.6. The molecule has 3 aromatic carbocycles. The van der Waals surface area contributed by atoms with E-state index in [2.05, 4.69) is 107 Å². The fraction of sp³-hybridized carbons (Fsp3) is 0.375. The Bertz CT molecular complexity index is 1190. The van der Waals surface area contributed by atoms with Crippen LogP contribution in [0, 0.1) is 11.8 Å². The van der Waals surface area contributed by atoms with Crippen LogP contribution in [0.3, 0.4) is 0 Å². The Hall–Kier alpha value is -2.97. The highest BCUT2D eigenvalue weighted by molar-refractivity contribution is 7.80. The Morgan fingerprint density at radius 2 is 1.11 bits per heavy atom. The second-order valence-electron chi connectivity index (χ2n) is 10.1. The fourth-order valence-corrected chi connectivity index (χ4v) is 7.46. The first-order chi connectivity index (χ1) is 18.1. The van der Waals surface area contributed by atoms with Crippen LogP contribution in [0.15, 0.2) is 88.8 Å². The van der Waals surface area contributed by atoms with Crippen LogP contribution in [0.4, 0.5) is 0 Å². The van der Waals surface area contributed by atoms with Crippen molar-refractivity contribution in [3.63, 3.8) is 0 Å². The molecule has 192 valence electrons. The quantitative estimate of drug-likeness (QED) is 0.339. The third-order valence-electron chi connectivity index (χ3n) is 7.71. The lowest BCUT2D eigenvalue weighted by atomic mass is 10.0. The third-order valence-corrected chi connectivity index (χ3v) is 10.3. The molecule has 37 heavy (non-hydrogen) atoms. The van der Waals surface area contributed by atoms with Crippen LogP contribution in [0.25, 0.3) is 0 Å². The molecule has 5 rings (SSSR count). The van der Waals surface area contributed by atoms with Crippen molar-refractivity contribution in [2.24, 2.45) is 21.8 Å². The molecular formula is C32H37N2O2P. The van der Waals surface area contributed by atoms with Gasteiger partial charge in [0.05, 0.1) is 12.1 Å². The van der Waals surface area contributed by atoms with Gasteiger partial charge in [0, 0.05) is 11.1 Å². The number of hydrogen-bond acceptors (Lipinski definition) is 4. The second kappa shape index (κ2) is 11.6. The first-order valence-corrected chi connectivity index (χ1v) is 14.9. The standard InChI is InChI=1S/C32H37N2O2P/c1-5-22(3)27-20-35-31(33-27)25-16-10-12-18-29(25)37(24-14-8-7-9-15-24)30-19-13-11-17-26(30)32-34-28(21-36-32)23(4)6-2/h7-19,22-23,27-28H,5-6,20-21H2,1-4H3. The van der Waals surface area contributed by atoms with Crippen molar-refractivity contribution in [2.45, 2.75) is 52.6 Å². The summed E-state index contributed by atoms with van der Waals surface area (Å²) in [7, 11) is -0.908. The molecule has 5 heteroatoms. The summed E-state index contributed by atoms with van der Waals surface area (Å²) in [5.41, 5.74) is 2.18. The molecule has 0 saturated carbocycles. The van der Waals surface area contributed by atoms with E-state index in [9.17, 15) is 0 Å². The van der Waals surface area contributed by atoms with Gasteiger partial charge < -0.3 is 9.47 Å². The van der Waals surface area contributed by atoms with Gasteiger partial charge in [0.15, 0.2) is 0 Å². The van der Waals surface area contributed by atoms with Crippen molar-refractivity contribution in [3.05, 3.63) is 90.0 Å². The number of rotatable bonds is 9. The zero-order valence-corrected chi connectivity index (χ0v) is 23.2. The predicted molar refractivity (Wildman–Crippen MR) is 157 cm³/mol. The minimum Gasteiger partial charge on any atom is -0.475 e. The molecule has 2 aliphatic heterocycles. The van der Waals surface area contributed by atoms with E-state index in [0.29, 0.717) is 25.0 Å². The summed E-state index contributed by atoms with van der Waals surface area (Å²) in [5.74, 6) is 2.54. The van der Waals surface area contributed by atoms with Crippen LogP contribution < -0.4 is 15.9 Å². The number of nitrogens with zero attached hydrogens (tertiary/aromatic N) is 2. The molecule has 0 N–H and O–H groups in total. The molecule has 0 amide bonds. The maximum absolute atomic E-state index is 6.23. The number of benzene rings is 3. The molecule has 4 unspecified atom stereocenters. The van der Waals surface area contributed by atoms with Gasteiger partial charge in [-0.1, -0.05) is 107 Å². The zero-order chi connectivity index (χ0) is 25.8. The Balaban J connectivity index is 1.63. The molecule has 2 aliphatic rings. The van der Waals surface area contributed by atoms with E-state index >= 15 is 0 Å². The van der Waals surface area contributed by atoms with Gasteiger partial charge >= 0.3 is 0 Å². The van der Waals surface area contributed by atoms with E-state index < -0.39 is 7.92 Å². The summed E-state index contributed by atoms with van der Waals surface area (Å²) in [6, 6.07) is 28.5. The van der Waals surface area contributed by atoms with Gasteiger partial charge in [0.2, 0.25) is 11.8 Å². The third kappa shape index (κ3) is 5.36.